The van der Waals surface area contributed by atoms with Gasteiger partial charge in [-0.15, -0.1) is 0 Å². The molecule has 2 aromatic rings. The Morgan fingerprint density at radius 3 is 2.64 bits per heavy atom. The van der Waals surface area contributed by atoms with Crippen LogP contribution in [-0.4, -0.2) is 39.7 Å². The van der Waals surface area contributed by atoms with E-state index in [4.69, 9.17) is 4.74 Å². The molecule has 5 heteroatoms. The monoisotopic (exact) mass is 300 g/mol. The minimum atomic E-state index is 0.0960. The predicted molar refractivity (Wildman–Crippen MR) is 86.3 cm³/mol. The second-order valence-corrected chi connectivity index (χ2v) is 7.66. The van der Waals surface area contributed by atoms with E-state index < -0.39 is 0 Å². The summed E-state index contributed by atoms with van der Waals surface area (Å²) in [7, 11) is 0. The van der Waals surface area contributed by atoms with Crippen molar-refractivity contribution < 1.29 is 4.74 Å². The number of ether oxygens (including phenoxy) is 1. The van der Waals surface area contributed by atoms with Crippen LogP contribution in [0.4, 0.5) is 5.95 Å². The Kier molecular flexibility index (Phi) is 2.98. The van der Waals surface area contributed by atoms with Gasteiger partial charge in [0.15, 0.2) is 0 Å². The Morgan fingerprint density at radius 2 is 1.95 bits per heavy atom. The molecule has 2 aliphatic heterocycles. The summed E-state index contributed by atoms with van der Waals surface area (Å²) in [6.45, 7) is 9.56. The zero-order chi connectivity index (χ0) is 15.4. The summed E-state index contributed by atoms with van der Waals surface area (Å²) in [4.78, 5) is 11.5. The van der Waals surface area contributed by atoms with Crippen molar-refractivity contribution in [1.29, 1.82) is 0 Å². The summed E-state index contributed by atoms with van der Waals surface area (Å²) in [5, 5.41) is 0. The highest BCUT2D eigenvalue weighted by Crippen LogP contribution is 2.44. The van der Waals surface area contributed by atoms with Gasteiger partial charge in [0, 0.05) is 37.2 Å². The smallest absolute Gasteiger partial charge is 0.211 e. The van der Waals surface area contributed by atoms with Crippen LogP contribution in [0.15, 0.2) is 18.6 Å². The SMILES string of the molecule is Cc1cnc(N2CCC3(CC2)CC(C)(C)CO3)n2ccnc12. The van der Waals surface area contributed by atoms with Crippen LogP contribution >= 0.6 is 0 Å². The molecule has 4 rings (SSSR count). The standard InChI is InChI=1S/C17H24N4O/c1-13-10-19-15(21-9-6-18-14(13)21)20-7-4-17(5-8-20)11-16(2,3)12-22-17/h6,9-10H,4-5,7-8,11-12H2,1-3H3. The maximum absolute atomic E-state index is 6.21. The Bertz CT molecular complexity index is 698. The molecule has 0 radical (unpaired) electrons. The molecule has 0 N–H and O–H groups in total. The van der Waals surface area contributed by atoms with Crippen LogP contribution in [0.3, 0.4) is 0 Å². The van der Waals surface area contributed by atoms with Crippen LogP contribution in [0.5, 0.6) is 0 Å². The van der Waals surface area contributed by atoms with Crippen molar-refractivity contribution in [3.8, 4) is 0 Å². The third kappa shape index (κ3) is 2.19. The normalized spacial score (nSPS) is 23.5. The fraction of sp³-hybridized carbons (Fsp3) is 0.647. The van der Waals surface area contributed by atoms with Crippen LogP contribution in [0.1, 0.15) is 38.7 Å². The molecule has 0 unspecified atom stereocenters. The molecule has 22 heavy (non-hydrogen) atoms. The van der Waals surface area contributed by atoms with E-state index in [1.54, 1.807) is 0 Å². The van der Waals surface area contributed by atoms with Gasteiger partial charge in [-0.3, -0.25) is 4.40 Å². The van der Waals surface area contributed by atoms with E-state index in [2.05, 4.69) is 40.0 Å². The van der Waals surface area contributed by atoms with Gasteiger partial charge in [-0.05, 0) is 31.6 Å². The lowest BCUT2D eigenvalue weighted by Crippen LogP contribution is -2.45. The van der Waals surface area contributed by atoms with E-state index in [1.807, 2.05) is 18.6 Å². The maximum atomic E-state index is 6.21. The highest BCUT2D eigenvalue weighted by molar-refractivity contribution is 5.52. The highest BCUT2D eigenvalue weighted by Gasteiger charge is 2.46. The Hall–Kier alpha value is -1.62. The van der Waals surface area contributed by atoms with Crippen LogP contribution in [-0.2, 0) is 4.74 Å². The Morgan fingerprint density at radius 1 is 1.18 bits per heavy atom. The van der Waals surface area contributed by atoms with E-state index >= 15 is 0 Å². The Labute approximate surface area is 131 Å². The van der Waals surface area contributed by atoms with Gasteiger partial charge >= 0.3 is 0 Å². The van der Waals surface area contributed by atoms with Crippen molar-refractivity contribution in [2.24, 2.45) is 5.41 Å². The molecule has 0 aromatic carbocycles. The first kappa shape index (κ1) is 14.0. The van der Waals surface area contributed by atoms with Crippen LogP contribution in [0, 0.1) is 12.3 Å². The molecule has 5 nitrogen and oxygen atoms in total. The minimum absolute atomic E-state index is 0.0960. The summed E-state index contributed by atoms with van der Waals surface area (Å²) in [5.41, 5.74) is 2.53. The molecule has 2 saturated heterocycles. The number of hydrogen-bond donors (Lipinski definition) is 0. The topological polar surface area (TPSA) is 42.7 Å². The molecule has 0 bridgehead atoms. The number of rotatable bonds is 1. The quantitative estimate of drug-likeness (QED) is 0.812. The lowest BCUT2D eigenvalue weighted by Gasteiger charge is -2.39. The molecular formula is C17H24N4O. The number of hydrogen-bond acceptors (Lipinski definition) is 4. The van der Waals surface area contributed by atoms with Gasteiger partial charge < -0.3 is 9.64 Å². The highest BCUT2D eigenvalue weighted by atomic mass is 16.5. The van der Waals surface area contributed by atoms with E-state index in [9.17, 15) is 0 Å². The molecule has 0 saturated carbocycles. The Balaban J connectivity index is 1.56. The van der Waals surface area contributed by atoms with Crippen molar-refractivity contribution in [3.05, 3.63) is 24.2 Å². The van der Waals surface area contributed by atoms with E-state index in [1.165, 1.54) is 6.42 Å². The number of aromatic nitrogens is 3. The van der Waals surface area contributed by atoms with Crippen LogP contribution in [0.25, 0.3) is 5.65 Å². The summed E-state index contributed by atoms with van der Waals surface area (Å²) in [6, 6.07) is 0. The third-order valence-corrected chi connectivity index (χ3v) is 5.11. The number of aryl methyl sites for hydroxylation is 1. The fourth-order valence-corrected chi connectivity index (χ4v) is 4.02. The lowest BCUT2D eigenvalue weighted by atomic mass is 9.79. The van der Waals surface area contributed by atoms with Crippen molar-refractivity contribution in [2.45, 2.75) is 45.6 Å². The summed E-state index contributed by atoms with van der Waals surface area (Å²) in [6.07, 6.45) is 9.13. The van der Waals surface area contributed by atoms with Gasteiger partial charge in [0.1, 0.15) is 5.65 Å². The van der Waals surface area contributed by atoms with Crippen molar-refractivity contribution in [3.63, 3.8) is 0 Å². The number of anilines is 1. The van der Waals surface area contributed by atoms with Crippen molar-refractivity contribution >= 4 is 11.6 Å². The molecule has 2 aliphatic rings. The van der Waals surface area contributed by atoms with Gasteiger partial charge in [0.25, 0.3) is 0 Å². The molecule has 4 heterocycles. The number of nitrogens with zero attached hydrogens (tertiary/aromatic N) is 4. The van der Waals surface area contributed by atoms with E-state index in [0.29, 0.717) is 5.41 Å². The fourth-order valence-electron chi connectivity index (χ4n) is 4.02. The molecule has 2 fully saturated rings. The zero-order valence-electron chi connectivity index (χ0n) is 13.7. The predicted octanol–water partition coefficient (Wildman–Crippen LogP) is 2.82. The van der Waals surface area contributed by atoms with Gasteiger partial charge in [-0.2, -0.15) is 0 Å². The summed E-state index contributed by atoms with van der Waals surface area (Å²) in [5.74, 6) is 1.00. The van der Waals surface area contributed by atoms with Gasteiger partial charge in [0.05, 0.1) is 12.2 Å². The third-order valence-electron chi connectivity index (χ3n) is 5.11. The average Bonchev–Trinajstić information content (AvgIpc) is 3.07. The number of piperidine rings is 1. The molecular weight excluding hydrogens is 276 g/mol. The second-order valence-electron chi connectivity index (χ2n) is 7.66. The van der Waals surface area contributed by atoms with Crippen molar-refractivity contribution in [1.82, 2.24) is 14.4 Å². The molecule has 0 atom stereocenters. The number of fused-ring (bicyclic) bond motifs is 1. The molecule has 118 valence electrons. The number of imidazole rings is 1. The average molecular weight is 300 g/mol. The van der Waals surface area contributed by atoms with Gasteiger partial charge in [-0.1, -0.05) is 13.8 Å². The first-order valence-electron chi connectivity index (χ1n) is 8.16. The van der Waals surface area contributed by atoms with Gasteiger partial charge in [0.2, 0.25) is 5.95 Å². The molecule has 1 spiro atoms. The first-order chi connectivity index (χ1) is 10.5. The van der Waals surface area contributed by atoms with Crippen molar-refractivity contribution in [2.75, 3.05) is 24.6 Å². The lowest BCUT2D eigenvalue weighted by molar-refractivity contribution is -0.0164. The van der Waals surface area contributed by atoms with E-state index in [-0.39, 0.29) is 5.60 Å². The summed E-state index contributed by atoms with van der Waals surface area (Å²) >= 11 is 0. The summed E-state index contributed by atoms with van der Waals surface area (Å²) < 4.78 is 8.31. The zero-order valence-corrected chi connectivity index (χ0v) is 13.7. The van der Waals surface area contributed by atoms with Crippen LogP contribution < -0.4 is 4.90 Å². The minimum Gasteiger partial charge on any atom is -0.374 e. The largest absolute Gasteiger partial charge is 0.374 e. The second kappa shape index (κ2) is 4.69. The molecule has 0 aliphatic carbocycles. The van der Waals surface area contributed by atoms with Crippen LogP contribution in [0.2, 0.25) is 0 Å². The molecule has 0 amide bonds. The molecule has 2 aromatic heterocycles. The van der Waals surface area contributed by atoms with E-state index in [0.717, 1.165) is 49.7 Å². The van der Waals surface area contributed by atoms with Gasteiger partial charge in [-0.25, -0.2) is 9.97 Å². The maximum Gasteiger partial charge on any atom is 0.211 e. The first-order valence-corrected chi connectivity index (χ1v) is 8.16.